The molecule has 0 saturated heterocycles. The van der Waals surface area contributed by atoms with Gasteiger partial charge in [-0.05, 0) is 30.3 Å². The number of benzene rings is 2. The SMILES string of the molecule is O=C(CCn1nnc2ccccc2c1=O)Nc1ccc(Br)cc1Cl. The summed E-state index contributed by atoms with van der Waals surface area (Å²) in [6, 6.07) is 12.1. The Morgan fingerprint density at radius 2 is 2.04 bits per heavy atom. The molecule has 0 aliphatic rings. The second-order valence-electron chi connectivity index (χ2n) is 5.06. The van der Waals surface area contributed by atoms with Gasteiger partial charge in [-0.25, -0.2) is 4.68 Å². The molecule has 6 nitrogen and oxygen atoms in total. The molecule has 0 spiro atoms. The van der Waals surface area contributed by atoms with Gasteiger partial charge in [-0.1, -0.05) is 44.9 Å². The second kappa shape index (κ2) is 7.11. The molecule has 122 valence electrons. The Hall–Kier alpha value is -2.25. The molecule has 0 bridgehead atoms. The third kappa shape index (κ3) is 3.63. The number of rotatable bonds is 4. The van der Waals surface area contributed by atoms with E-state index in [1.807, 2.05) is 0 Å². The minimum atomic E-state index is -0.268. The number of carbonyl (C=O) groups excluding carboxylic acids is 1. The zero-order valence-corrected chi connectivity index (χ0v) is 14.7. The average molecular weight is 408 g/mol. The fourth-order valence-corrected chi connectivity index (χ4v) is 2.90. The topological polar surface area (TPSA) is 76.9 Å². The molecule has 0 aliphatic heterocycles. The Bertz CT molecular complexity index is 974. The van der Waals surface area contributed by atoms with Gasteiger partial charge in [0, 0.05) is 10.9 Å². The molecule has 0 saturated carbocycles. The van der Waals surface area contributed by atoms with Crippen molar-refractivity contribution in [2.75, 3.05) is 5.32 Å². The molecule has 0 radical (unpaired) electrons. The summed E-state index contributed by atoms with van der Waals surface area (Å²) in [6.07, 6.45) is 0.0827. The van der Waals surface area contributed by atoms with Crippen LogP contribution in [0.15, 0.2) is 51.7 Å². The molecule has 0 aliphatic carbocycles. The number of hydrogen-bond donors (Lipinski definition) is 1. The van der Waals surface area contributed by atoms with Gasteiger partial charge in [0.25, 0.3) is 5.56 Å². The summed E-state index contributed by atoms with van der Waals surface area (Å²) in [7, 11) is 0. The van der Waals surface area contributed by atoms with E-state index in [-0.39, 0.29) is 24.4 Å². The predicted octanol–water partition coefficient (Wildman–Crippen LogP) is 3.24. The van der Waals surface area contributed by atoms with Crippen molar-refractivity contribution in [3.8, 4) is 0 Å². The normalized spacial score (nSPS) is 10.8. The van der Waals surface area contributed by atoms with E-state index in [1.165, 1.54) is 4.68 Å². The summed E-state index contributed by atoms with van der Waals surface area (Å²) in [5.74, 6) is -0.263. The lowest BCUT2D eigenvalue weighted by molar-refractivity contribution is -0.116. The number of fused-ring (bicyclic) bond motifs is 1. The van der Waals surface area contributed by atoms with E-state index in [2.05, 4.69) is 31.6 Å². The van der Waals surface area contributed by atoms with Crippen LogP contribution in [0.5, 0.6) is 0 Å². The Morgan fingerprint density at radius 1 is 1.25 bits per heavy atom. The maximum absolute atomic E-state index is 12.3. The van der Waals surface area contributed by atoms with Crippen LogP contribution in [-0.2, 0) is 11.3 Å². The molecule has 1 heterocycles. The van der Waals surface area contributed by atoms with E-state index in [9.17, 15) is 9.59 Å². The number of carbonyl (C=O) groups is 1. The standard InChI is InChI=1S/C16H12BrClN4O2/c17-10-5-6-14(12(18)9-10)19-15(23)7-8-22-16(24)11-3-1-2-4-13(11)20-21-22/h1-6,9H,7-8H2,(H,19,23). The molecule has 0 atom stereocenters. The molecule has 1 aromatic heterocycles. The van der Waals surface area contributed by atoms with E-state index in [4.69, 9.17) is 11.6 Å². The van der Waals surface area contributed by atoms with Crippen molar-refractivity contribution in [3.63, 3.8) is 0 Å². The highest BCUT2D eigenvalue weighted by molar-refractivity contribution is 9.10. The van der Waals surface area contributed by atoms with Gasteiger partial charge in [0.2, 0.25) is 5.91 Å². The van der Waals surface area contributed by atoms with Crippen LogP contribution in [0.2, 0.25) is 5.02 Å². The highest BCUT2D eigenvalue weighted by Gasteiger charge is 2.09. The van der Waals surface area contributed by atoms with Crippen LogP contribution in [-0.4, -0.2) is 20.9 Å². The molecule has 3 aromatic rings. The third-order valence-electron chi connectivity index (χ3n) is 3.39. The number of aryl methyl sites for hydroxylation is 1. The summed E-state index contributed by atoms with van der Waals surface area (Å²) in [4.78, 5) is 24.3. The zero-order chi connectivity index (χ0) is 17.1. The summed E-state index contributed by atoms with van der Waals surface area (Å²) >= 11 is 9.36. The van der Waals surface area contributed by atoms with Gasteiger partial charge in [-0.15, -0.1) is 5.10 Å². The molecular formula is C16H12BrClN4O2. The molecule has 0 unspecified atom stereocenters. The number of aromatic nitrogens is 3. The van der Waals surface area contributed by atoms with Crippen molar-refractivity contribution >= 4 is 50.0 Å². The molecule has 0 fully saturated rings. The first kappa shape index (κ1) is 16.6. The van der Waals surface area contributed by atoms with Gasteiger partial charge in [-0.2, -0.15) is 0 Å². The lowest BCUT2D eigenvalue weighted by atomic mass is 10.2. The van der Waals surface area contributed by atoms with E-state index >= 15 is 0 Å². The Labute approximate surface area is 150 Å². The van der Waals surface area contributed by atoms with Crippen molar-refractivity contribution in [2.45, 2.75) is 13.0 Å². The fourth-order valence-electron chi connectivity index (χ4n) is 2.18. The number of halogens is 2. The number of amides is 1. The van der Waals surface area contributed by atoms with Gasteiger partial charge in [0.05, 0.1) is 22.6 Å². The minimum absolute atomic E-state index is 0.0827. The van der Waals surface area contributed by atoms with Crippen LogP contribution in [0.3, 0.4) is 0 Å². The molecular weight excluding hydrogens is 396 g/mol. The van der Waals surface area contributed by atoms with Gasteiger partial charge in [0.1, 0.15) is 5.52 Å². The van der Waals surface area contributed by atoms with Gasteiger partial charge in [0.15, 0.2) is 0 Å². The lowest BCUT2D eigenvalue weighted by Gasteiger charge is -2.08. The van der Waals surface area contributed by atoms with Gasteiger partial charge in [-0.3, -0.25) is 9.59 Å². The third-order valence-corrected chi connectivity index (χ3v) is 4.19. The quantitative estimate of drug-likeness (QED) is 0.720. The minimum Gasteiger partial charge on any atom is -0.325 e. The van der Waals surface area contributed by atoms with Crippen molar-refractivity contribution < 1.29 is 4.79 Å². The predicted molar refractivity (Wildman–Crippen MR) is 96.2 cm³/mol. The number of anilines is 1. The first-order chi connectivity index (χ1) is 11.5. The lowest BCUT2D eigenvalue weighted by Crippen LogP contribution is -2.26. The summed E-state index contributed by atoms with van der Waals surface area (Å²) in [6.45, 7) is 0.136. The van der Waals surface area contributed by atoms with Crippen molar-refractivity contribution in [1.29, 1.82) is 0 Å². The monoisotopic (exact) mass is 406 g/mol. The number of hydrogen-bond acceptors (Lipinski definition) is 4. The Kier molecular flexibility index (Phi) is 4.92. The molecule has 1 amide bonds. The van der Waals surface area contributed by atoms with Crippen LogP contribution >= 0.6 is 27.5 Å². The average Bonchev–Trinajstić information content (AvgIpc) is 2.57. The zero-order valence-electron chi connectivity index (χ0n) is 12.4. The Morgan fingerprint density at radius 3 is 2.83 bits per heavy atom. The van der Waals surface area contributed by atoms with E-state index < -0.39 is 0 Å². The van der Waals surface area contributed by atoms with E-state index in [0.717, 1.165) is 4.47 Å². The number of nitrogens with one attached hydrogen (secondary N) is 1. The molecule has 1 N–H and O–H groups in total. The van der Waals surface area contributed by atoms with Crippen molar-refractivity contribution in [3.05, 3.63) is 62.3 Å². The van der Waals surface area contributed by atoms with Crippen LogP contribution in [0.25, 0.3) is 10.9 Å². The van der Waals surface area contributed by atoms with Crippen LogP contribution < -0.4 is 10.9 Å². The van der Waals surface area contributed by atoms with Gasteiger partial charge < -0.3 is 5.32 Å². The summed E-state index contributed by atoms with van der Waals surface area (Å²) in [5.41, 5.74) is 0.779. The molecule has 2 aromatic carbocycles. The first-order valence-corrected chi connectivity index (χ1v) is 8.29. The maximum Gasteiger partial charge on any atom is 0.277 e. The number of nitrogens with zero attached hydrogens (tertiary/aromatic N) is 3. The highest BCUT2D eigenvalue weighted by atomic mass is 79.9. The van der Waals surface area contributed by atoms with Gasteiger partial charge >= 0.3 is 0 Å². The second-order valence-corrected chi connectivity index (χ2v) is 6.38. The fraction of sp³-hybridized carbons (Fsp3) is 0.125. The molecule has 24 heavy (non-hydrogen) atoms. The molecule has 8 heteroatoms. The summed E-state index contributed by atoms with van der Waals surface area (Å²) in [5, 5.41) is 11.5. The van der Waals surface area contributed by atoms with Crippen LogP contribution in [0, 0.1) is 0 Å². The highest BCUT2D eigenvalue weighted by Crippen LogP contribution is 2.25. The van der Waals surface area contributed by atoms with Crippen molar-refractivity contribution in [1.82, 2.24) is 15.0 Å². The van der Waals surface area contributed by atoms with E-state index in [1.54, 1.807) is 42.5 Å². The van der Waals surface area contributed by atoms with Crippen LogP contribution in [0.1, 0.15) is 6.42 Å². The first-order valence-electron chi connectivity index (χ1n) is 7.12. The summed E-state index contributed by atoms with van der Waals surface area (Å²) < 4.78 is 2.01. The maximum atomic E-state index is 12.3. The largest absolute Gasteiger partial charge is 0.325 e. The Balaban J connectivity index is 1.70. The van der Waals surface area contributed by atoms with Crippen LogP contribution in [0.4, 0.5) is 5.69 Å². The smallest absolute Gasteiger partial charge is 0.277 e. The van der Waals surface area contributed by atoms with Crippen molar-refractivity contribution in [2.24, 2.45) is 0 Å². The molecule has 3 rings (SSSR count). The van der Waals surface area contributed by atoms with E-state index in [0.29, 0.717) is 21.6 Å².